The van der Waals surface area contributed by atoms with Crippen LogP contribution in [0.15, 0.2) is 27.1 Å². The topological polar surface area (TPSA) is 68.7 Å². The number of furan rings is 1. The van der Waals surface area contributed by atoms with Gasteiger partial charge in [-0.15, -0.1) is 0 Å². The number of hydrogen-bond donors (Lipinski definition) is 0. The summed E-state index contributed by atoms with van der Waals surface area (Å²) in [6, 6.07) is 5.60. The number of ether oxygens (including phenoxy) is 1. The van der Waals surface area contributed by atoms with Crippen molar-refractivity contribution in [1.29, 1.82) is 0 Å². The number of methoxy groups -OCH3 is 1. The molecule has 3 heterocycles. The zero-order valence-electron chi connectivity index (χ0n) is 15.5. The minimum absolute atomic E-state index is 0.0177. The summed E-state index contributed by atoms with van der Waals surface area (Å²) >= 11 is 0. The molecule has 0 bridgehead atoms. The van der Waals surface area contributed by atoms with Gasteiger partial charge in [0.25, 0.3) is 5.91 Å². The number of aryl methyl sites for hydroxylation is 3. The van der Waals surface area contributed by atoms with Crippen LogP contribution in [0.1, 0.15) is 52.0 Å². The maximum atomic E-state index is 13.3. The van der Waals surface area contributed by atoms with Crippen LogP contribution in [0.5, 0.6) is 5.75 Å². The number of rotatable bonds is 3. The van der Waals surface area contributed by atoms with Gasteiger partial charge in [-0.2, -0.15) is 0 Å². The van der Waals surface area contributed by atoms with E-state index in [2.05, 4.69) is 5.16 Å². The van der Waals surface area contributed by atoms with E-state index >= 15 is 0 Å². The zero-order chi connectivity index (χ0) is 18.4. The summed E-state index contributed by atoms with van der Waals surface area (Å²) in [5.74, 6) is 1.80. The highest BCUT2D eigenvalue weighted by Crippen LogP contribution is 2.38. The van der Waals surface area contributed by atoms with Crippen LogP contribution in [0.3, 0.4) is 0 Å². The first-order valence-electron chi connectivity index (χ1n) is 8.82. The average Bonchev–Trinajstić information content (AvgIpc) is 3.32. The molecule has 4 rings (SSSR count). The zero-order valence-corrected chi connectivity index (χ0v) is 15.5. The number of fused-ring (bicyclic) bond motifs is 1. The standard InChI is InChI=1S/C20H22N2O4/c1-11-15-8-7-14(24-4)10-17(15)25-19(11)20(23)22-9-5-6-16(22)18-12(2)21-26-13(18)3/h7-8,10,16H,5-6,9H2,1-4H3. The number of aromatic nitrogens is 1. The van der Waals surface area contributed by atoms with E-state index in [1.807, 2.05) is 43.9 Å². The van der Waals surface area contributed by atoms with Crippen LogP contribution in [0.2, 0.25) is 0 Å². The molecule has 0 N–H and O–H groups in total. The molecular formula is C20H22N2O4. The number of nitrogens with zero attached hydrogens (tertiary/aromatic N) is 2. The molecule has 6 heteroatoms. The summed E-state index contributed by atoms with van der Waals surface area (Å²) in [5.41, 5.74) is 3.39. The minimum atomic E-state index is -0.0832. The van der Waals surface area contributed by atoms with Gasteiger partial charge in [0, 0.05) is 29.1 Å². The van der Waals surface area contributed by atoms with E-state index in [9.17, 15) is 4.79 Å². The van der Waals surface area contributed by atoms with Crippen molar-refractivity contribution < 1.29 is 18.5 Å². The first-order valence-corrected chi connectivity index (χ1v) is 8.82. The van der Waals surface area contributed by atoms with E-state index < -0.39 is 0 Å². The summed E-state index contributed by atoms with van der Waals surface area (Å²) in [5, 5.41) is 4.98. The van der Waals surface area contributed by atoms with E-state index in [-0.39, 0.29) is 11.9 Å². The van der Waals surface area contributed by atoms with Gasteiger partial charge in [-0.1, -0.05) is 5.16 Å². The number of amides is 1. The highest BCUT2D eigenvalue weighted by Gasteiger charge is 2.36. The molecule has 0 aliphatic carbocycles. The SMILES string of the molecule is COc1ccc2c(C)c(C(=O)N3CCCC3c3c(C)noc3C)oc2c1. The molecule has 1 fully saturated rings. The molecular weight excluding hydrogens is 332 g/mol. The fraction of sp³-hybridized carbons (Fsp3) is 0.400. The largest absolute Gasteiger partial charge is 0.497 e. The summed E-state index contributed by atoms with van der Waals surface area (Å²) < 4.78 is 16.5. The Hall–Kier alpha value is -2.76. The minimum Gasteiger partial charge on any atom is -0.497 e. The monoisotopic (exact) mass is 354 g/mol. The van der Waals surface area contributed by atoms with Crippen molar-refractivity contribution >= 4 is 16.9 Å². The van der Waals surface area contributed by atoms with Crippen molar-refractivity contribution in [2.24, 2.45) is 0 Å². The van der Waals surface area contributed by atoms with Crippen LogP contribution in [-0.4, -0.2) is 29.6 Å². The van der Waals surface area contributed by atoms with E-state index in [1.54, 1.807) is 7.11 Å². The van der Waals surface area contributed by atoms with Crippen molar-refractivity contribution in [3.8, 4) is 5.75 Å². The van der Waals surface area contributed by atoms with E-state index in [1.165, 1.54) is 0 Å². The van der Waals surface area contributed by atoms with E-state index in [0.29, 0.717) is 23.6 Å². The van der Waals surface area contributed by atoms with Crippen molar-refractivity contribution in [2.75, 3.05) is 13.7 Å². The Morgan fingerprint density at radius 1 is 1.31 bits per heavy atom. The van der Waals surface area contributed by atoms with Crippen molar-refractivity contribution in [2.45, 2.75) is 39.7 Å². The Labute approximate surface area is 151 Å². The molecule has 1 aliphatic heterocycles. The van der Waals surface area contributed by atoms with Gasteiger partial charge in [0.15, 0.2) is 5.76 Å². The van der Waals surface area contributed by atoms with Gasteiger partial charge in [0.05, 0.1) is 18.8 Å². The fourth-order valence-corrected chi connectivity index (χ4v) is 3.94. The molecule has 1 atom stereocenters. The van der Waals surface area contributed by atoms with Crippen molar-refractivity contribution in [3.05, 3.63) is 46.5 Å². The van der Waals surface area contributed by atoms with Crippen molar-refractivity contribution in [3.63, 3.8) is 0 Å². The fourth-order valence-electron chi connectivity index (χ4n) is 3.94. The van der Waals surface area contributed by atoms with Gasteiger partial charge >= 0.3 is 0 Å². The lowest BCUT2D eigenvalue weighted by Crippen LogP contribution is -2.31. The summed E-state index contributed by atoms with van der Waals surface area (Å²) in [6.45, 7) is 6.44. The van der Waals surface area contributed by atoms with Crippen LogP contribution in [0, 0.1) is 20.8 Å². The van der Waals surface area contributed by atoms with Crippen LogP contribution in [0.25, 0.3) is 11.0 Å². The highest BCUT2D eigenvalue weighted by atomic mass is 16.5. The number of carbonyl (C=O) groups excluding carboxylic acids is 1. The van der Waals surface area contributed by atoms with Gasteiger partial charge in [0.2, 0.25) is 0 Å². The van der Waals surface area contributed by atoms with Crippen molar-refractivity contribution in [1.82, 2.24) is 10.1 Å². The molecule has 1 amide bonds. The molecule has 6 nitrogen and oxygen atoms in total. The van der Waals surface area contributed by atoms with E-state index in [4.69, 9.17) is 13.7 Å². The summed E-state index contributed by atoms with van der Waals surface area (Å²) in [6.07, 6.45) is 1.86. The molecule has 1 unspecified atom stereocenters. The Kier molecular flexibility index (Phi) is 3.98. The Morgan fingerprint density at radius 2 is 2.12 bits per heavy atom. The number of likely N-dealkylation sites (tertiary alicyclic amines) is 1. The molecule has 1 aromatic carbocycles. The first kappa shape index (κ1) is 16.7. The summed E-state index contributed by atoms with van der Waals surface area (Å²) in [4.78, 5) is 15.2. The maximum Gasteiger partial charge on any atom is 0.290 e. The average molecular weight is 354 g/mol. The Morgan fingerprint density at radius 3 is 2.81 bits per heavy atom. The van der Waals surface area contributed by atoms with Crippen LogP contribution >= 0.6 is 0 Å². The van der Waals surface area contributed by atoms with Crippen LogP contribution in [0.4, 0.5) is 0 Å². The molecule has 1 saturated heterocycles. The molecule has 0 spiro atoms. The Balaban J connectivity index is 1.73. The second-order valence-electron chi connectivity index (χ2n) is 6.81. The lowest BCUT2D eigenvalue weighted by atomic mass is 10.0. The van der Waals surface area contributed by atoms with Gasteiger partial charge in [-0.3, -0.25) is 4.79 Å². The smallest absolute Gasteiger partial charge is 0.290 e. The molecule has 136 valence electrons. The molecule has 26 heavy (non-hydrogen) atoms. The van der Waals surface area contributed by atoms with Gasteiger partial charge in [-0.05, 0) is 45.7 Å². The predicted molar refractivity (Wildman–Crippen MR) is 96.5 cm³/mol. The Bertz CT molecular complexity index is 966. The molecule has 3 aromatic rings. The van der Waals surface area contributed by atoms with E-state index in [0.717, 1.165) is 40.8 Å². The second kappa shape index (κ2) is 6.20. The first-order chi connectivity index (χ1) is 12.5. The summed E-state index contributed by atoms with van der Waals surface area (Å²) in [7, 11) is 1.61. The molecule has 0 saturated carbocycles. The lowest BCUT2D eigenvalue weighted by molar-refractivity contribution is 0.0703. The highest BCUT2D eigenvalue weighted by molar-refractivity contribution is 5.99. The van der Waals surface area contributed by atoms with Crippen LogP contribution in [-0.2, 0) is 0 Å². The molecule has 2 aromatic heterocycles. The van der Waals surface area contributed by atoms with Crippen LogP contribution < -0.4 is 4.74 Å². The quantitative estimate of drug-likeness (QED) is 0.700. The molecule has 0 radical (unpaired) electrons. The third-order valence-corrected chi connectivity index (χ3v) is 5.28. The van der Waals surface area contributed by atoms with Gasteiger partial charge < -0.3 is 18.6 Å². The maximum absolute atomic E-state index is 13.3. The normalized spacial score (nSPS) is 17.2. The third-order valence-electron chi connectivity index (χ3n) is 5.28. The second-order valence-corrected chi connectivity index (χ2v) is 6.81. The number of hydrogen-bond acceptors (Lipinski definition) is 5. The lowest BCUT2D eigenvalue weighted by Gasteiger charge is -2.24. The van der Waals surface area contributed by atoms with Gasteiger partial charge in [-0.25, -0.2) is 0 Å². The number of carbonyl (C=O) groups is 1. The molecule has 1 aliphatic rings. The predicted octanol–water partition coefficient (Wildman–Crippen LogP) is 4.33. The van der Waals surface area contributed by atoms with Gasteiger partial charge in [0.1, 0.15) is 17.1 Å². The third kappa shape index (κ3) is 2.48. The number of benzene rings is 1.